The number of hydrogen-bond donors (Lipinski definition) is 2. The smallest absolute Gasteiger partial charge is 0.221 e. The zero-order valence-corrected chi connectivity index (χ0v) is 12.3. The summed E-state index contributed by atoms with van der Waals surface area (Å²) in [6.45, 7) is 3.09. The van der Waals surface area contributed by atoms with Crippen LogP contribution in [0.2, 0.25) is 0 Å². The van der Waals surface area contributed by atoms with Crippen LogP contribution in [0.1, 0.15) is 51.4 Å². The van der Waals surface area contributed by atoms with Crippen molar-refractivity contribution in [1.82, 2.24) is 15.5 Å². The Labute approximate surface area is 117 Å². The van der Waals surface area contributed by atoms with Gasteiger partial charge in [-0.3, -0.25) is 4.79 Å². The number of hydrogen-bond acceptors (Lipinski definition) is 3. The van der Waals surface area contributed by atoms with Gasteiger partial charge in [-0.1, -0.05) is 19.3 Å². The Balaban J connectivity index is 1.56. The standard InChI is InChI=1S/C15H29N3O/c1-18(12-14-8-5-10-16-14)11-9-15(19)17-13-6-3-2-4-7-13/h13-14,16H,2-12H2,1H3,(H,17,19). The van der Waals surface area contributed by atoms with Crippen LogP contribution in [0.5, 0.6) is 0 Å². The first-order valence-corrected chi connectivity index (χ1v) is 7.95. The maximum atomic E-state index is 11.9. The second-order valence-corrected chi connectivity index (χ2v) is 6.21. The number of carbonyl (C=O) groups excluding carboxylic acids is 1. The Morgan fingerprint density at radius 2 is 2.00 bits per heavy atom. The lowest BCUT2D eigenvalue weighted by molar-refractivity contribution is -0.122. The summed E-state index contributed by atoms with van der Waals surface area (Å²) >= 11 is 0. The minimum absolute atomic E-state index is 0.234. The summed E-state index contributed by atoms with van der Waals surface area (Å²) in [4.78, 5) is 14.2. The molecule has 1 saturated heterocycles. The summed E-state index contributed by atoms with van der Waals surface area (Å²) < 4.78 is 0. The van der Waals surface area contributed by atoms with Crippen LogP contribution in [-0.2, 0) is 4.79 Å². The van der Waals surface area contributed by atoms with E-state index in [9.17, 15) is 4.79 Å². The molecule has 4 heteroatoms. The van der Waals surface area contributed by atoms with Gasteiger partial charge < -0.3 is 15.5 Å². The normalized spacial score (nSPS) is 24.8. The van der Waals surface area contributed by atoms with E-state index < -0.39 is 0 Å². The Kier molecular flexibility index (Phi) is 6.11. The van der Waals surface area contributed by atoms with Crippen molar-refractivity contribution in [1.29, 1.82) is 0 Å². The highest BCUT2D eigenvalue weighted by Crippen LogP contribution is 2.17. The number of nitrogens with one attached hydrogen (secondary N) is 2. The number of amides is 1. The molecule has 0 bridgehead atoms. The molecule has 4 nitrogen and oxygen atoms in total. The molecule has 1 saturated carbocycles. The molecule has 2 N–H and O–H groups in total. The van der Waals surface area contributed by atoms with Crippen molar-refractivity contribution in [3.63, 3.8) is 0 Å². The van der Waals surface area contributed by atoms with E-state index in [2.05, 4.69) is 22.6 Å². The third-order valence-electron chi connectivity index (χ3n) is 4.39. The molecular formula is C15H29N3O. The number of likely N-dealkylation sites (N-methyl/N-ethyl adjacent to an activating group) is 1. The third kappa shape index (κ3) is 5.49. The van der Waals surface area contributed by atoms with Gasteiger partial charge in [0.25, 0.3) is 0 Å². The molecule has 110 valence electrons. The van der Waals surface area contributed by atoms with E-state index in [0.717, 1.165) is 19.6 Å². The molecule has 1 amide bonds. The molecular weight excluding hydrogens is 238 g/mol. The highest BCUT2D eigenvalue weighted by molar-refractivity contribution is 5.76. The van der Waals surface area contributed by atoms with Crippen LogP contribution in [0.3, 0.4) is 0 Å². The van der Waals surface area contributed by atoms with E-state index in [1.807, 2.05) is 0 Å². The summed E-state index contributed by atoms with van der Waals surface area (Å²) in [6.07, 6.45) is 9.44. The molecule has 0 aromatic rings. The highest BCUT2D eigenvalue weighted by Gasteiger charge is 2.18. The van der Waals surface area contributed by atoms with Crippen LogP contribution in [0.25, 0.3) is 0 Å². The molecule has 1 unspecified atom stereocenters. The van der Waals surface area contributed by atoms with Gasteiger partial charge in [-0.05, 0) is 39.3 Å². The fourth-order valence-corrected chi connectivity index (χ4v) is 3.22. The monoisotopic (exact) mass is 267 g/mol. The first-order chi connectivity index (χ1) is 9.24. The van der Waals surface area contributed by atoms with Crippen LogP contribution in [0.4, 0.5) is 0 Å². The van der Waals surface area contributed by atoms with Crippen LogP contribution in [0.15, 0.2) is 0 Å². The average molecular weight is 267 g/mol. The molecule has 1 aliphatic heterocycles. The van der Waals surface area contributed by atoms with Crippen molar-refractivity contribution in [3.05, 3.63) is 0 Å². The average Bonchev–Trinajstić information content (AvgIpc) is 2.90. The first kappa shape index (κ1) is 14.8. The van der Waals surface area contributed by atoms with Crippen LogP contribution in [-0.4, -0.2) is 49.6 Å². The van der Waals surface area contributed by atoms with Crippen LogP contribution in [0, 0.1) is 0 Å². The van der Waals surface area contributed by atoms with Gasteiger partial charge in [0.2, 0.25) is 5.91 Å². The van der Waals surface area contributed by atoms with Crippen molar-refractivity contribution >= 4 is 5.91 Å². The van der Waals surface area contributed by atoms with Gasteiger partial charge in [-0.25, -0.2) is 0 Å². The Morgan fingerprint density at radius 3 is 2.68 bits per heavy atom. The van der Waals surface area contributed by atoms with Gasteiger partial charge in [-0.2, -0.15) is 0 Å². The molecule has 0 radical (unpaired) electrons. The van der Waals surface area contributed by atoms with Gasteiger partial charge in [-0.15, -0.1) is 0 Å². The van der Waals surface area contributed by atoms with Gasteiger partial charge in [0.15, 0.2) is 0 Å². The molecule has 1 atom stereocenters. The summed E-state index contributed by atoms with van der Waals surface area (Å²) in [7, 11) is 2.12. The van der Waals surface area contributed by atoms with Gasteiger partial charge in [0, 0.05) is 31.6 Å². The van der Waals surface area contributed by atoms with E-state index >= 15 is 0 Å². The summed E-state index contributed by atoms with van der Waals surface area (Å²) in [6, 6.07) is 1.08. The largest absolute Gasteiger partial charge is 0.353 e. The molecule has 0 spiro atoms. The molecule has 19 heavy (non-hydrogen) atoms. The van der Waals surface area contributed by atoms with Gasteiger partial charge >= 0.3 is 0 Å². The SMILES string of the molecule is CN(CCC(=O)NC1CCCCC1)CC1CCCN1. The fraction of sp³-hybridized carbons (Fsp3) is 0.933. The van der Waals surface area contributed by atoms with Crippen molar-refractivity contribution in [2.75, 3.05) is 26.7 Å². The minimum Gasteiger partial charge on any atom is -0.353 e. The second-order valence-electron chi connectivity index (χ2n) is 6.21. The lowest BCUT2D eigenvalue weighted by atomic mass is 9.95. The highest BCUT2D eigenvalue weighted by atomic mass is 16.1. The van der Waals surface area contributed by atoms with Crippen molar-refractivity contribution < 1.29 is 4.79 Å². The maximum absolute atomic E-state index is 11.9. The van der Waals surface area contributed by atoms with Crippen LogP contribution >= 0.6 is 0 Å². The van der Waals surface area contributed by atoms with Crippen molar-refractivity contribution in [3.8, 4) is 0 Å². The Bertz CT molecular complexity index is 271. The lowest BCUT2D eigenvalue weighted by Gasteiger charge is -2.24. The van der Waals surface area contributed by atoms with E-state index in [1.54, 1.807) is 0 Å². The lowest BCUT2D eigenvalue weighted by Crippen LogP contribution is -2.40. The predicted molar refractivity (Wildman–Crippen MR) is 78.2 cm³/mol. The fourth-order valence-electron chi connectivity index (χ4n) is 3.22. The van der Waals surface area contributed by atoms with E-state index in [-0.39, 0.29) is 5.91 Å². The van der Waals surface area contributed by atoms with Gasteiger partial charge in [0.05, 0.1) is 0 Å². The molecule has 2 aliphatic rings. The molecule has 1 heterocycles. The van der Waals surface area contributed by atoms with E-state index in [1.165, 1.54) is 44.9 Å². The molecule has 2 rings (SSSR count). The Hall–Kier alpha value is -0.610. The number of rotatable bonds is 6. The predicted octanol–water partition coefficient (Wildman–Crippen LogP) is 1.51. The number of nitrogens with zero attached hydrogens (tertiary/aromatic N) is 1. The summed E-state index contributed by atoms with van der Waals surface area (Å²) in [5.41, 5.74) is 0. The quantitative estimate of drug-likeness (QED) is 0.767. The minimum atomic E-state index is 0.234. The summed E-state index contributed by atoms with van der Waals surface area (Å²) in [5.74, 6) is 0.234. The van der Waals surface area contributed by atoms with E-state index in [4.69, 9.17) is 0 Å². The Morgan fingerprint density at radius 1 is 1.21 bits per heavy atom. The number of carbonyl (C=O) groups is 1. The maximum Gasteiger partial charge on any atom is 0.221 e. The topological polar surface area (TPSA) is 44.4 Å². The molecule has 0 aromatic carbocycles. The molecule has 1 aliphatic carbocycles. The zero-order chi connectivity index (χ0) is 13.5. The second kappa shape index (κ2) is 7.85. The van der Waals surface area contributed by atoms with Crippen molar-refractivity contribution in [2.45, 2.75) is 63.5 Å². The first-order valence-electron chi connectivity index (χ1n) is 7.95. The van der Waals surface area contributed by atoms with Crippen molar-refractivity contribution in [2.24, 2.45) is 0 Å². The molecule has 2 fully saturated rings. The van der Waals surface area contributed by atoms with Gasteiger partial charge in [0.1, 0.15) is 0 Å². The van der Waals surface area contributed by atoms with Crippen LogP contribution < -0.4 is 10.6 Å². The third-order valence-corrected chi connectivity index (χ3v) is 4.39. The summed E-state index contributed by atoms with van der Waals surface area (Å²) in [5, 5.41) is 6.69. The van der Waals surface area contributed by atoms with E-state index in [0.29, 0.717) is 18.5 Å². The zero-order valence-electron chi connectivity index (χ0n) is 12.3. The molecule has 0 aromatic heterocycles.